The van der Waals surface area contributed by atoms with Crippen LogP contribution in [0, 0.1) is 22.7 Å². The normalized spacial score (nSPS) is 9.83. The first-order valence-electron chi connectivity index (χ1n) is 5.80. The van der Waals surface area contributed by atoms with Gasteiger partial charge in [0.15, 0.2) is 11.4 Å². The van der Waals surface area contributed by atoms with Crippen molar-refractivity contribution in [2.45, 2.75) is 39.3 Å². The lowest BCUT2D eigenvalue weighted by Crippen LogP contribution is -2.36. The molecule has 1 aromatic heterocycles. The summed E-state index contributed by atoms with van der Waals surface area (Å²) in [5.74, 6) is -0.179. The molecule has 1 heterocycles. The molecule has 0 aromatic carbocycles. The highest BCUT2D eigenvalue weighted by Crippen LogP contribution is 2.05. The third-order valence-corrected chi connectivity index (χ3v) is 2.71. The van der Waals surface area contributed by atoms with Crippen LogP contribution < -0.4 is 5.32 Å². The minimum atomic E-state index is -0.179. The van der Waals surface area contributed by atoms with Gasteiger partial charge in [-0.15, -0.1) is 0 Å². The van der Waals surface area contributed by atoms with Gasteiger partial charge in [-0.05, 0) is 12.8 Å². The standard InChI is InChI=1S/C12H15N5O/c1-3-9(4-2)16-12(18)7-17-8-15-10(5-13)11(17)6-14/h8-9H,3-4,7H2,1-2H3,(H,16,18). The van der Waals surface area contributed by atoms with Crippen LogP contribution in [0.15, 0.2) is 6.33 Å². The van der Waals surface area contributed by atoms with E-state index in [1.54, 1.807) is 0 Å². The molecule has 0 atom stereocenters. The van der Waals surface area contributed by atoms with Crippen molar-refractivity contribution in [1.29, 1.82) is 10.5 Å². The molecule has 6 heteroatoms. The predicted molar refractivity (Wildman–Crippen MR) is 64.2 cm³/mol. The van der Waals surface area contributed by atoms with Gasteiger partial charge in [0.05, 0.1) is 6.33 Å². The maximum atomic E-state index is 11.8. The van der Waals surface area contributed by atoms with Gasteiger partial charge in [0, 0.05) is 6.04 Å². The number of nitriles is 2. The van der Waals surface area contributed by atoms with Gasteiger partial charge in [0.25, 0.3) is 0 Å². The number of hydrogen-bond donors (Lipinski definition) is 1. The van der Waals surface area contributed by atoms with E-state index in [0.717, 1.165) is 12.8 Å². The molecule has 1 amide bonds. The summed E-state index contributed by atoms with van der Waals surface area (Å²) in [4.78, 5) is 15.5. The van der Waals surface area contributed by atoms with Crippen molar-refractivity contribution in [3.63, 3.8) is 0 Å². The highest BCUT2D eigenvalue weighted by Gasteiger charge is 2.14. The number of nitrogens with zero attached hydrogens (tertiary/aromatic N) is 4. The van der Waals surface area contributed by atoms with Crippen molar-refractivity contribution in [2.75, 3.05) is 0 Å². The Balaban J connectivity index is 2.74. The highest BCUT2D eigenvalue weighted by molar-refractivity contribution is 5.76. The van der Waals surface area contributed by atoms with Crippen molar-refractivity contribution >= 4 is 5.91 Å². The van der Waals surface area contributed by atoms with E-state index in [-0.39, 0.29) is 29.9 Å². The lowest BCUT2D eigenvalue weighted by molar-refractivity contribution is -0.122. The van der Waals surface area contributed by atoms with Crippen molar-refractivity contribution in [3.8, 4) is 12.1 Å². The summed E-state index contributed by atoms with van der Waals surface area (Å²) in [5, 5.41) is 20.5. The Morgan fingerprint density at radius 1 is 1.44 bits per heavy atom. The zero-order valence-corrected chi connectivity index (χ0v) is 10.5. The van der Waals surface area contributed by atoms with Gasteiger partial charge in [-0.3, -0.25) is 4.79 Å². The average molecular weight is 245 g/mol. The second kappa shape index (κ2) is 6.41. The summed E-state index contributed by atoms with van der Waals surface area (Å²) in [6.07, 6.45) is 3.06. The van der Waals surface area contributed by atoms with Crippen LogP contribution in [0.25, 0.3) is 0 Å². The summed E-state index contributed by atoms with van der Waals surface area (Å²) < 4.78 is 1.39. The van der Waals surface area contributed by atoms with Crippen molar-refractivity contribution < 1.29 is 4.79 Å². The van der Waals surface area contributed by atoms with Crippen LogP contribution in [-0.2, 0) is 11.3 Å². The topological polar surface area (TPSA) is 94.5 Å². The number of amides is 1. The number of rotatable bonds is 5. The molecule has 1 rings (SSSR count). The minimum Gasteiger partial charge on any atom is -0.352 e. The number of aromatic nitrogens is 2. The second-order valence-corrected chi connectivity index (χ2v) is 3.87. The highest BCUT2D eigenvalue weighted by atomic mass is 16.2. The Labute approximate surface area is 106 Å². The number of imidazole rings is 1. The maximum Gasteiger partial charge on any atom is 0.240 e. The molecule has 0 radical (unpaired) electrons. The van der Waals surface area contributed by atoms with Gasteiger partial charge < -0.3 is 9.88 Å². The van der Waals surface area contributed by atoms with E-state index in [9.17, 15) is 4.79 Å². The fraction of sp³-hybridized carbons (Fsp3) is 0.500. The van der Waals surface area contributed by atoms with E-state index in [2.05, 4.69) is 10.3 Å². The molecule has 94 valence electrons. The number of carbonyl (C=O) groups is 1. The van der Waals surface area contributed by atoms with E-state index in [0.29, 0.717) is 0 Å². The first-order chi connectivity index (χ1) is 8.65. The molecule has 0 fully saturated rings. The molecule has 0 aliphatic heterocycles. The molecule has 18 heavy (non-hydrogen) atoms. The fourth-order valence-corrected chi connectivity index (χ4v) is 1.62. The van der Waals surface area contributed by atoms with E-state index in [1.807, 2.05) is 26.0 Å². The molecular weight excluding hydrogens is 230 g/mol. The molecule has 0 saturated heterocycles. The Morgan fingerprint density at radius 2 is 2.11 bits per heavy atom. The Hall–Kier alpha value is -2.34. The SMILES string of the molecule is CCC(CC)NC(=O)Cn1cnc(C#N)c1C#N. The maximum absolute atomic E-state index is 11.8. The molecule has 0 saturated carbocycles. The van der Waals surface area contributed by atoms with Crippen LogP contribution in [0.4, 0.5) is 0 Å². The Kier molecular flexibility index (Phi) is 4.89. The first-order valence-corrected chi connectivity index (χ1v) is 5.80. The number of hydrogen-bond acceptors (Lipinski definition) is 4. The zero-order valence-electron chi connectivity index (χ0n) is 10.5. The molecule has 0 spiro atoms. The first kappa shape index (κ1) is 13.7. The Morgan fingerprint density at radius 3 is 2.61 bits per heavy atom. The van der Waals surface area contributed by atoms with Crippen molar-refractivity contribution in [3.05, 3.63) is 17.7 Å². The van der Waals surface area contributed by atoms with E-state index in [1.165, 1.54) is 10.9 Å². The predicted octanol–water partition coefficient (Wildman–Crippen LogP) is 0.931. The van der Waals surface area contributed by atoms with Crippen LogP contribution in [0.1, 0.15) is 38.1 Å². The largest absolute Gasteiger partial charge is 0.352 e. The molecule has 0 aliphatic carbocycles. The summed E-state index contributed by atoms with van der Waals surface area (Å²) in [6.45, 7) is 4.01. The third kappa shape index (κ3) is 3.08. The molecule has 0 aliphatic rings. The fourth-order valence-electron chi connectivity index (χ4n) is 1.62. The van der Waals surface area contributed by atoms with Gasteiger partial charge in [0.2, 0.25) is 5.91 Å². The molecule has 0 unspecified atom stereocenters. The molecular formula is C12H15N5O. The zero-order chi connectivity index (χ0) is 13.5. The van der Waals surface area contributed by atoms with Crippen LogP contribution >= 0.6 is 0 Å². The summed E-state index contributed by atoms with van der Waals surface area (Å²) in [6, 6.07) is 3.84. The smallest absolute Gasteiger partial charge is 0.240 e. The van der Waals surface area contributed by atoms with Crippen LogP contribution in [0.5, 0.6) is 0 Å². The Bertz CT molecular complexity index is 502. The van der Waals surface area contributed by atoms with Crippen molar-refractivity contribution in [1.82, 2.24) is 14.9 Å². The van der Waals surface area contributed by atoms with E-state index >= 15 is 0 Å². The monoisotopic (exact) mass is 245 g/mol. The lowest BCUT2D eigenvalue weighted by atomic mass is 10.2. The molecule has 0 bridgehead atoms. The molecule has 1 N–H and O–H groups in total. The molecule has 6 nitrogen and oxygen atoms in total. The van der Waals surface area contributed by atoms with Crippen molar-refractivity contribution in [2.24, 2.45) is 0 Å². The van der Waals surface area contributed by atoms with Crippen LogP contribution in [0.3, 0.4) is 0 Å². The summed E-state index contributed by atoms with van der Waals surface area (Å²) in [7, 11) is 0. The quantitative estimate of drug-likeness (QED) is 0.834. The third-order valence-electron chi connectivity index (χ3n) is 2.71. The van der Waals surface area contributed by atoms with Gasteiger partial charge in [-0.1, -0.05) is 13.8 Å². The summed E-state index contributed by atoms with van der Waals surface area (Å²) in [5.41, 5.74) is 0.171. The number of nitrogens with one attached hydrogen (secondary N) is 1. The van der Waals surface area contributed by atoms with Gasteiger partial charge in [-0.25, -0.2) is 4.98 Å². The van der Waals surface area contributed by atoms with Gasteiger partial charge in [0.1, 0.15) is 18.7 Å². The second-order valence-electron chi connectivity index (χ2n) is 3.87. The minimum absolute atomic E-state index is 0.00801. The van der Waals surface area contributed by atoms with E-state index < -0.39 is 0 Å². The van der Waals surface area contributed by atoms with Crippen LogP contribution in [0.2, 0.25) is 0 Å². The van der Waals surface area contributed by atoms with Crippen LogP contribution in [-0.4, -0.2) is 21.5 Å². The van der Waals surface area contributed by atoms with Gasteiger partial charge in [-0.2, -0.15) is 10.5 Å². The average Bonchev–Trinajstić information content (AvgIpc) is 2.77. The lowest BCUT2D eigenvalue weighted by Gasteiger charge is -2.14. The van der Waals surface area contributed by atoms with E-state index in [4.69, 9.17) is 10.5 Å². The number of carbonyl (C=O) groups excluding carboxylic acids is 1. The molecule has 1 aromatic rings. The summed E-state index contributed by atoms with van der Waals surface area (Å²) >= 11 is 0. The van der Waals surface area contributed by atoms with Gasteiger partial charge >= 0.3 is 0 Å².